The fourth-order valence-electron chi connectivity index (χ4n) is 2.75. The van der Waals surface area contributed by atoms with E-state index in [0.717, 1.165) is 29.8 Å². The third-order valence-electron chi connectivity index (χ3n) is 4.11. The highest BCUT2D eigenvalue weighted by Crippen LogP contribution is 2.18. The molecule has 0 bridgehead atoms. The lowest BCUT2D eigenvalue weighted by atomic mass is 10.1. The van der Waals surface area contributed by atoms with Crippen molar-refractivity contribution in [1.29, 1.82) is 0 Å². The fraction of sp³-hybridized carbons (Fsp3) is 0.300. The molecule has 0 radical (unpaired) electrons. The van der Waals surface area contributed by atoms with Crippen LogP contribution in [0.4, 0.5) is 0 Å². The zero-order valence-corrected chi connectivity index (χ0v) is 14.2. The van der Waals surface area contributed by atoms with E-state index >= 15 is 0 Å². The Balaban J connectivity index is 1.80. The van der Waals surface area contributed by atoms with E-state index in [0.29, 0.717) is 18.0 Å². The van der Waals surface area contributed by atoms with Gasteiger partial charge >= 0.3 is 0 Å². The number of aromatic nitrogens is 2. The lowest BCUT2D eigenvalue weighted by Gasteiger charge is -2.11. The predicted molar refractivity (Wildman–Crippen MR) is 96.8 cm³/mol. The highest BCUT2D eigenvalue weighted by Gasteiger charge is 2.12. The van der Waals surface area contributed by atoms with Crippen LogP contribution in [0, 0.1) is 5.92 Å². The summed E-state index contributed by atoms with van der Waals surface area (Å²) in [7, 11) is 0. The van der Waals surface area contributed by atoms with Gasteiger partial charge in [0.15, 0.2) is 0 Å². The monoisotopic (exact) mass is 321 g/mol. The molecule has 0 atom stereocenters. The molecule has 0 aliphatic heterocycles. The first-order chi connectivity index (χ1) is 11.6. The molecule has 1 heterocycles. The van der Waals surface area contributed by atoms with Gasteiger partial charge < -0.3 is 9.88 Å². The van der Waals surface area contributed by atoms with E-state index in [-0.39, 0.29) is 5.91 Å². The van der Waals surface area contributed by atoms with Gasteiger partial charge in [-0.2, -0.15) is 0 Å². The maximum absolute atomic E-state index is 12.3. The first-order valence-corrected chi connectivity index (χ1v) is 8.42. The van der Waals surface area contributed by atoms with Crippen LogP contribution in [-0.2, 0) is 13.1 Å². The summed E-state index contributed by atoms with van der Waals surface area (Å²) in [6.07, 6.45) is 1.08. The Hall–Kier alpha value is -2.62. The average Bonchev–Trinajstić information content (AvgIpc) is 2.96. The first kappa shape index (κ1) is 16.2. The molecule has 124 valence electrons. The van der Waals surface area contributed by atoms with Crippen molar-refractivity contribution in [1.82, 2.24) is 14.9 Å². The van der Waals surface area contributed by atoms with E-state index in [9.17, 15) is 4.79 Å². The highest BCUT2D eigenvalue weighted by molar-refractivity contribution is 5.94. The van der Waals surface area contributed by atoms with E-state index in [4.69, 9.17) is 4.98 Å². The van der Waals surface area contributed by atoms with Crippen LogP contribution in [0.15, 0.2) is 54.6 Å². The SMILES string of the molecule is CC(C)CCn1c(CNC(=O)c2ccccc2)nc2ccccc21. The van der Waals surface area contributed by atoms with Crippen LogP contribution in [0.2, 0.25) is 0 Å². The maximum Gasteiger partial charge on any atom is 0.251 e. The number of hydrogen-bond donors (Lipinski definition) is 1. The number of fused-ring (bicyclic) bond motifs is 1. The topological polar surface area (TPSA) is 46.9 Å². The molecule has 1 N–H and O–H groups in total. The van der Waals surface area contributed by atoms with Crippen molar-refractivity contribution in [3.05, 3.63) is 66.0 Å². The molecule has 0 saturated carbocycles. The van der Waals surface area contributed by atoms with Gasteiger partial charge in [-0.05, 0) is 36.6 Å². The second kappa shape index (κ2) is 7.30. The zero-order valence-electron chi connectivity index (χ0n) is 14.2. The van der Waals surface area contributed by atoms with Crippen molar-refractivity contribution in [2.24, 2.45) is 5.92 Å². The molecule has 0 aliphatic carbocycles. The van der Waals surface area contributed by atoms with Crippen molar-refractivity contribution >= 4 is 16.9 Å². The molecule has 1 aromatic heterocycles. The van der Waals surface area contributed by atoms with Crippen molar-refractivity contribution in [3.8, 4) is 0 Å². The Morgan fingerprint density at radius 2 is 1.79 bits per heavy atom. The fourth-order valence-corrected chi connectivity index (χ4v) is 2.75. The van der Waals surface area contributed by atoms with Crippen molar-refractivity contribution in [2.45, 2.75) is 33.4 Å². The van der Waals surface area contributed by atoms with Gasteiger partial charge in [-0.15, -0.1) is 0 Å². The zero-order chi connectivity index (χ0) is 16.9. The minimum absolute atomic E-state index is 0.0712. The van der Waals surface area contributed by atoms with Crippen LogP contribution in [0.1, 0.15) is 36.5 Å². The van der Waals surface area contributed by atoms with Crippen LogP contribution in [0.25, 0.3) is 11.0 Å². The molecule has 0 spiro atoms. The molecule has 0 saturated heterocycles. The Bertz CT molecular complexity index is 821. The number of nitrogens with one attached hydrogen (secondary N) is 1. The number of imidazole rings is 1. The van der Waals surface area contributed by atoms with E-state index in [2.05, 4.69) is 29.8 Å². The van der Waals surface area contributed by atoms with Gasteiger partial charge in [-0.1, -0.05) is 44.2 Å². The third kappa shape index (κ3) is 3.65. The number of benzene rings is 2. The number of amides is 1. The van der Waals surface area contributed by atoms with E-state index in [1.165, 1.54) is 0 Å². The summed E-state index contributed by atoms with van der Waals surface area (Å²) in [5, 5.41) is 2.98. The molecule has 4 heteroatoms. The van der Waals surface area contributed by atoms with Gasteiger partial charge in [-0.25, -0.2) is 4.98 Å². The summed E-state index contributed by atoms with van der Waals surface area (Å²) in [6.45, 7) is 5.78. The van der Waals surface area contributed by atoms with Crippen LogP contribution >= 0.6 is 0 Å². The number of aryl methyl sites for hydroxylation is 1. The molecule has 1 amide bonds. The molecule has 2 aromatic carbocycles. The standard InChI is InChI=1S/C20H23N3O/c1-15(2)12-13-23-18-11-7-6-10-17(18)22-19(23)14-21-20(24)16-8-4-3-5-9-16/h3-11,15H,12-14H2,1-2H3,(H,21,24). The van der Waals surface area contributed by atoms with E-state index < -0.39 is 0 Å². The Morgan fingerprint density at radius 1 is 1.08 bits per heavy atom. The lowest BCUT2D eigenvalue weighted by Crippen LogP contribution is -2.24. The summed E-state index contributed by atoms with van der Waals surface area (Å²) < 4.78 is 2.22. The number of nitrogens with zero attached hydrogens (tertiary/aromatic N) is 2. The molecule has 24 heavy (non-hydrogen) atoms. The number of hydrogen-bond acceptors (Lipinski definition) is 2. The normalized spacial score (nSPS) is 11.1. The lowest BCUT2D eigenvalue weighted by molar-refractivity contribution is 0.0949. The highest BCUT2D eigenvalue weighted by atomic mass is 16.1. The van der Waals surface area contributed by atoms with Crippen LogP contribution in [0.5, 0.6) is 0 Å². The molecule has 3 aromatic rings. The Labute approximate surface area is 142 Å². The van der Waals surface area contributed by atoms with Crippen LogP contribution < -0.4 is 5.32 Å². The molecule has 0 fully saturated rings. The van der Waals surface area contributed by atoms with Gasteiger partial charge in [0.05, 0.1) is 17.6 Å². The van der Waals surface area contributed by atoms with Crippen LogP contribution in [0.3, 0.4) is 0 Å². The predicted octanol–water partition coefficient (Wildman–Crippen LogP) is 4.01. The molecular weight excluding hydrogens is 298 g/mol. The number of para-hydroxylation sites is 2. The molecule has 0 aliphatic rings. The third-order valence-corrected chi connectivity index (χ3v) is 4.11. The summed E-state index contributed by atoms with van der Waals surface area (Å²) in [5.41, 5.74) is 2.77. The summed E-state index contributed by atoms with van der Waals surface area (Å²) in [4.78, 5) is 17.0. The maximum atomic E-state index is 12.3. The smallest absolute Gasteiger partial charge is 0.251 e. The molecule has 3 rings (SSSR count). The second-order valence-electron chi connectivity index (χ2n) is 6.40. The van der Waals surface area contributed by atoms with Gasteiger partial charge in [0.2, 0.25) is 0 Å². The minimum atomic E-state index is -0.0712. The molecule has 4 nitrogen and oxygen atoms in total. The Morgan fingerprint density at radius 3 is 2.54 bits per heavy atom. The van der Waals surface area contributed by atoms with Gasteiger partial charge in [0, 0.05) is 12.1 Å². The Kier molecular flexibility index (Phi) is 4.94. The van der Waals surface area contributed by atoms with Gasteiger partial charge in [-0.3, -0.25) is 4.79 Å². The summed E-state index contributed by atoms with van der Waals surface area (Å²) in [6, 6.07) is 17.4. The number of rotatable bonds is 6. The minimum Gasteiger partial charge on any atom is -0.345 e. The second-order valence-corrected chi connectivity index (χ2v) is 6.40. The van der Waals surface area contributed by atoms with Crippen molar-refractivity contribution in [2.75, 3.05) is 0 Å². The summed E-state index contributed by atoms with van der Waals surface area (Å²) in [5.74, 6) is 1.46. The number of carbonyl (C=O) groups excluding carboxylic acids is 1. The van der Waals surface area contributed by atoms with E-state index in [1.54, 1.807) is 0 Å². The first-order valence-electron chi connectivity index (χ1n) is 8.42. The quantitative estimate of drug-likeness (QED) is 0.745. The van der Waals surface area contributed by atoms with Gasteiger partial charge in [0.25, 0.3) is 5.91 Å². The van der Waals surface area contributed by atoms with Crippen molar-refractivity contribution in [3.63, 3.8) is 0 Å². The molecular formula is C20H23N3O. The van der Waals surface area contributed by atoms with Crippen LogP contribution in [-0.4, -0.2) is 15.5 Å². The van der Waals surface area contributed by atoms with Crippen molar-refractivity contribution < 1.29 is 4.79 Å². The molecule has 0 unspecified atom stereocenters. The van der Waals surface area contributed by atoms with Gasteiger partial charge in [0.1, 0.15) is 5.82 Å². The summed E-state index contributed by atoms with van der Waals surface area (Å²) >= 11 is 0. The number of carbonyl (C=O) groups is 1. The largest absolute Gasteiger partial charge is 0.345 e. The average molecular weight is 321 g/mol. The van der Waals surface area contributed by atoms with E-state index in [1.807, 2.05) is 48.5 Å².